The van der Waals surface area contributed by atoms with Gasteiger partial charge in [-0.1, -0.05) is 12.2 Å². The minimum Gasteiger partial charge on any atom is -0.389 e. The van der Waals surface area contributed by atoms with Gasteiger partial charge in [-0.05, 0) is 19.4 Å². The zero-order valence-corrected chi connectivity index (χ0v) is 12.0. The molecule has 0 unspecified atom stereocenters. The van der Waals surface area contributed by atoms with Crippen LogP contribution in [0, 0.1) is 31.3 Å². The molecular weight excluding hydrogens is 301 g/mol. The lowest BCUT2D eigenvalue weighted by molar-refractivity contribution is 0.496. The fourth-order valence-corrected chi connectivity index (χ4v) is 1.99. The first-order valence-electron chi connectivity index (χ1n) is 5.86. The van der Waals surface area contributed by atoms with E-state index in [0.29, 0.717) is 29.0 Å². The molecule has 1 aromatic heterocycles. The first-order valence-corrected chi connectivity index (χ1v) is 6.27. The molecule has 21 heavy (non-hydrogen) atoms. The molecule has 0 aliphatic rings. The molecule has 0 fully saturated rings. The Morgan fingerprint density at radius 1 is 1.10 bits per heavy atom. The molecule has 110 valence electrons. The second kappa shape index (κ2) is 5.65. The van der Waals surface area contributed by atoms with Crippen LogP contribution in [0.25, 0.3) is 0 Å². The molecule has 0 saturated heterocycles. The molecule has 0 saturated carbocycles. The molecule has 0 bridgehead atoms. The number of nitrogens with two attached hydrogens (primary N) is 1. The maximum Gasteiger partial charge on any atom is 0.163 e. The normalized spacial score (nSPS) is 10.5. The van der Waals surface area contributed by atoms with Crippen LogP contribution in [0.1, 0.15) is 16.8 Å². The highest BCUT2D eigenvalue weighted by Gasteiger charge is 2.16. The average Bonchev–Trinajstić information content (AvgIpc) is 2.40. The summed E-state index contributed by atoms with van der Waals surface area (Å²) in [6.07, 6.45) is 0. The summed E-state index contributed by atoms with van der Waals surface area (Å²) in [5.41, 5.74) is 6.99. The molecule has 2 rings (SSSR count). The highest BCUT2D eigenvalue weighted by Crippen LogP contribution is 2.25. The van der Waals surface area contributed by atoms with Gasteiger partial charge in [-0.15, -0.1) is 5.10 Å². The van der Waals surface area contributed by atoms with Crippen molar-refractivity contribution in [3.63, 3.8) is 0 Å². The summed E-state index contributed by atoms with van der Waals surface area (Å²) in [5.74, 6) is -3.36. The number of hydrogen-bond acceptors (Lipinski definition) is 4. The number of thiocarbonyl (C=S) groups is 1. The average molecular weight is 312 g/mol. The van der Waals surface area contributed by atoms with E-state index in [9.17, 15) is 13.2 Å². The van der Waals surface area contributed by atoms with E-state index < -0.39 is 17.5 Å². The van der Waals surface area contributed by atoms with Crippen molar-refractivity contribution in [3.05, 3.63) is 46.4 Å². The van der Waals surface area contributed by atoms with Crippen LogP contribution >= 0.6 is 12.2 Å². The number of aryl methyl sites for hydroxylation is 1. The van der Waals surface area contributed by atoms with E-state index in [2.05, 4.69) is 15.5 Å². The van der Waals surface area contributed by atoms with Gasteiger partial charge in [0.1, 0.15) is 10.8 Å². The van der Waals surface area contributed by atoms with E-state index in [1.807, 2.05) is 0 Å². The first-order chi connectivity index (χ1) is 9.81. The van der Waals surface area contributed by atoms with Crippen molar-refractivity contribution in [2.24, 2.45) is 5.73 Å². The van der Waals surface area contributed by atoms with Crippen molar-refractivity contribution in [2.45, 2.75) is 13.8 Å². The third-order valence-corrected chi connectivity index (χ3v) is 3.17. The maximum absolute atomic E-state index is 13.6. The molecule has 1 heterocycles. The van der Waals surface area contributed by atoms with Crippen LogP contribution in [0.4, 0.5) is 24.7 Å². The minimum absolute atomic E-state index is 0.0380. The Kier molecular flexibility index (Phi) is 4.08. The van der Waals surface area contributed by atoms with Gasteiger partial charge >= 0.3 is 0 Å². The van der Waals surface area contributed by atoms with Gasteiger partial charge in [0.05, 0.1) is 16.9 Å². The van der Waals surface area contributed by atoms with Gasteiger partial charge in [0.2, 0.25) is 0 Å². The molecule has 4 nitrogen and oxygen atoms in total. The number of hydrogen-bond donors (Lipinski definition) is 2. The first kappa shape index (κ1) is 15.2. The SMILES string of the molecule is Cc1nnc(Nc2cc(F)c(F)cc2F)c(C(N)=S)c1C. The molecule has 0 radical (unpaired) electrons. The molecule has 0 spiro atoms. The van der Waals surface area contributed by atoms with E-state index in [0.717, 1.165) is 0 Å². The molecule has 8 heteroatoms. The van der Waals surface area contributed by atoms with Gasteiger partial charge in [-0.25, -0.2) is 13.2 Å². The van der Waals surface area contributed by atoms with Crippen molar-refractivity contribution in [3.8, 4) is 0 Å². The van der Waals surface area contributed by atoms with E-state index >= 15 is 0 Å². The topological polar surface area (TPSA) is 63.8 Å². The Morgan fingerprint density at radius 3 is 2.33 bits per heavy atom. The fourth-order valence-electron chi connectivity index (χ4n) is 1.74. The Balaban J connectivity index is 2.52. The molecule has 0 atom stereocenters. The minimum atomic E-state index is -1.28. The molecule has 0 aliphatic carbocycles. The second-order valence-corrected chi connectivity index (χ2v) is 4.81. The monoisotopic (exact) mass is 312 g/mol. The van der Waals surface area contributed by atoms with Crippen molar-refractivity contribution in [2.75, 3.05) is 5.32 Å². The number of anilines is 2. The highest BCUT2D eigenvalue weighted by molar-refractivity contribution is 7.80. The van der Waals surface area contributed by atoms with Gasteiger partial charge in [-0.3, -0.25) is 0 Å². The summed E-state index contributed by atoms with van der Waals surface area (Å²) in [5, 5.41) is 10.2. The summed E-state index contributed by atoms with van der Waals surface area (Å²) in [4.78, 5) is 0.0380. The number of nitrogens with zero attached hydrogens (tertiary/aromatic N) is 2. The summed E-state index contributed by atoms with van der Waals surface area (Å²) in [6.45, 7) is 3.44. The number of benzene rings is 1. The number of rotatable bonds is 3. The van der Waals surface area contributed by atoms with Gasteiger partial charge in [0, 0.05) is 12.1 Å². The van der Waals surface area contributed by atoms with Crippen LogP contribution in [0.2, 0.25) is 0 Å². The van der Waals surface area contributed by atoms with Crippen LogP contribution in [0.15, 0.2) is 12.1 Å². The zero-order valence-electron chi connectivity index (χ0n) is 11.2. The Morgan fingerprint density at radius 2 is 1.71 bits per heavy atom. The second-order valence-electron chi connectivity index (χ2n) is 4.37. The highest BCUT2D eigenvalue weighted by atomic mass is 32.1. The van der Waals surface area contributed by atoms with Gasteiger partial charge in [-0.2, -0.15) is 5.10 Å². The van der Waals surface area contributed by atoms with Crippen LogP contribution in [-0.4, -0.2) is 15.2 Å². The summed E-state index contributed by atoms with van der Waals surface area (Å²) in [7, 11) is 0. The number of halogens is 3. The van der Waals surface area contributed by atoms with Crippen molar-refractivity contribution in [1.82, 2.24) is 10.2 Å². The molecule has 2 aromatic rings. The van der Waals surface area contributed by atoms with Crippen molar-refractivity contribution >= 4 is 28.7 Å². The number of nitrogens with one attached hydrogen (secondary N) is 1. The van der Waals surface area contributed by atoms with Gasteiger partial charge < -0.3 is 11.1 Å². The van der Waals surface area contributed by atoms with Crippen LogP contribution in [0.3, 0.4) is 0 Å². The quantitative estimate of drug-likeness (QED) is 0.674. The van der Waals surface area contributed by atoms with Crippen LogP contribution in [-0.2, 0) is 0 Å². The maximum atomic E-state index is 13.6. The lowest BCUT2D eigenvalue weighted by atomic mass is 10.1. The van der Waals surface area contributed by atoms with E-state index in [1.165, 1.54) is 0 Å². The Labute approximate surface area is 124 Å². The van der Waals surface area contributed by atoms with Crippen molar-refractivity contribution < 1.29 is 13.2 Å². The molecule has 0 aliphatic heterocycles. The zero-order chi connectivity index (χ0) is 15.7. The predicted molar refractivity (Wildman–Crippen MR) is 77.0 cm³/mol. The van der Waals surface area contributed by atoms with E-state index in [-0.39, 0.29) is 16.5 Å². The van der Waals surface area contributed by atoms with Crippen LogP contribution in [0.5, 0.6) is 0 Å². The Hall–Kier alpha value is -2.22. The summed E-state index contributed by atoms with van der Waals surface area (Å²) >= 11 is 4.93. The molecular formula is C13H11F3N4S. The van der Waals surface area contributed by atoms with Crippen molar-refractivity contribution in [1.29, 1.82) is 0 Å². The predicted octanol–water partition coefficient (Wildman–Crippen LogP) is 2.89. The van der Waals surface area contributed by atoms with E-state index in [4.69, 9.17) is 18.0 Å². The van der Waals surface area contributed by atoms with Gasteiger partial charge in [0.25, 0.3) is 0 Å². The lowest BCUT2D eigenvalue weighted by Gasteiger charge is -2.13. The molecule has 0 amide bonds. The third-order valence-electron chi connectivity index (χ3n) is 2.96. The Bertz CT molecular complexity index is 734. The largest absolute Gasteiger partial charge is 0.389 e. The molecule has 3 N–H and O–H groups in total. The third kappa shape index (κ3) is 2.94. The van der Waals surface area contributed by atoms with E-state index in [1.54, 1.807) is 13.8 Å². The fraction of sp³-hybridized carbons (Fsp3) is 0.154. The smallest absolute Gasteiger partial charge is 0.163 e. The lowest BCUT2D eigenvalue weighted by Crippen LogP contribution is -2.17. The van der Waals surface area contributed by atoms with Gasteiger partial charge in [0.15, 0.2) is 17.5 Å². The standard InChI is InChI=1S/C13H11F3N4S/c1-5-6(2)19-20-13(11(5)12(17)21)18-10-4-8(15)7(14)3-9(10)16/h3-4H,1-2H3,(H2,17,21)(H,18,20). The summed E-state index contributed by atoms with van der Waals surface area (Å²) in [6, 6.07) is 1.12. The number of aromatic nitrogens is 2. The summed E-state index contributed by atoms with van der Waals surface area (Å²) < 4.78 is 39.8. The van der Waals surface area contributed by atoms with Crippen LogP contribution < -0.4 is 11.1 Å². The molecule has 1 aromatic carbocycles.